The van der Waals surface area contributed by atoms with Crippen LogP contribution in [-0.4, -0.2) is 28.9 Å². The van der Waals surface area contributed by atoms with Crippen molar-refractivity contribution in [1.29, 1.82) is 0 Å². The largest absolute Gasteiger partial charge is 0.481 e. The topological polar surface area (TPSA) is 109 Å². The van der Waals surface area contributed by atoms with Crippen LogP contribution in [-0.2, 0) is 9.59 Å². The molecule has 2 rings (SSSR count). The van der Waals surface area contributed by atoms with E-state index in [1.807, 2.05) is 18.2 Å². The van der Waals surface area contributed by atoms with Gasteiger partial charge in [0.25, 0.3) is 5.91 Å². The Morgan fingerprint density at radius 2 is 1.76 bits per heavy atom. The van der Waals surface area contributed by atoms with Crippen molar-refractivity contribution < 1.29 is 19.5 Å². The maximum absolute atomic E-state index is 12.2. The van der Waals surface area contributed by atoms with Gasteiger partial charge in [0.15, 0.2) is 0 Å². The highest BCUT2D eigenvalue weighted by molar-refractivity contribution is 6.08. The number of primary amides is 1. The van der Waals surface area contributed by atoms with Crippen molar-refractivity contribution in [2.24, 2.45) is 5.73 Å². The molecule has 0 saturated carbocycles. The summed E-state index contributed by atoms with van der Waals surface area (Å²) in [6.45, 7) is 0. The minimum Gasteiger partial charge on any atom is -0.481 e. The molecule has 0 fully saturated rings. The highest BCUT2D eigenvalue weighted by atomic mass is 16.4. The van der Waals surface area contributed by atoms with Gasteiger partial charge >= 0.3 is 5.97 Å². The molecule has 1 atom stereocenters. The van der Waals surface area contributed by atoms with Gasteiger partial charge in [0, 0.05) is 5.56 Å². The van der Waals surface area contributed by atoms with Crippen LogP contribution >= 0.6 is 0 Å². The number of amides is 2. The lowest BCUT2D eigenvalue weighted by Crippen LogP contribution is -2.45. The van der Waals surface area contributed by atoms with Crippen LogP contribution < -0.4 is 11.1 Å². The lowest BCUT2D eigenvalue weighted by Gasteiger charge is -2.14. The van der Waals surface area contributed by atoms with Gasteiger partial charge in [-0.2, -0.15) is 0 Å². The van der Waals surface area contributed by atoms with Crippen LogP contribution in [0, 0.1) is 0 Å². The molecule has 2 aromatic carbocycles. The number of carbonyl (C=O) groups is 3. The fraction of sp³-hybridized carbons (Fsp3) is 0.133. The van der Waals surface area contributed by atoms with Crippen LogP contribution in [0.2, 0.25) is 0 Å². The van der Waals surface area contributed by atoms with Crippen LogP contribution in [0.3, 0.4) is 0 Å². The van der Waals surface area contributed by atoms with Gasteiger partial charge in [0.2, 0.25) is 5.91 Å². The summed E-state index contributed by atoms with van der Waals surface area (Å²) < 4.78 is 0. The molecule has 108 valence electrons. The van der Waals surface area contributed by atoms with Crippen LogP contribution in [0.25, 0.3) is 10.8 Å². The van der Waals surface area contributed by atoms with E-state index in [9.17, 15) is 14.4 Å². The van der Waals surface area contributed by atoms with Crippen molar-refractivity contribution in [2.75, 3.05) is 0 Å². The highest BCUT2D eigenvalue weighted by Gasteiger charge is 2.22. The number of rotatable bonds is 5. The highest BCUT2D eigenvalue weighted by Crippen LogP contribution is 2.18. The molecule has 0 unspecified atom stereocenters. The number of carboxylic acid groups (broad SMARTS) is 1. The summed E-state index contributed by atoms with van der Waals surface area (Å²) >= 11 is 0. The molecule has 0 aliphatic heterocycles. The molecule has 4 N–H and O–H groups in total. The first-order valence-corrected chi connectivity index (χ1v) is 6.29. The van der Waals surface area contributed by atoms with E-state index in [1.165, 1.54) is 0 Å². The average Bonchev–Trinajstić information content (AvgIpc) is 2.45. The Kier molecular flexibility index (Phi) is 4.18. The van der Waals surface area contributed by atoms with E-state index in [0.29, 0.717) is 5.56 Å². The number of carbonyl (C=O) groups excluding carboxylic acids is 2. The molecule has 2 amide bonds. The third kappa shape index (κ3) is 3.36. The van der Waals surface area contributed by atoms with E-state index in [4.69, 9.17) is 10.8 Å². The first-order chi connectivity index (χ1) is 9.99. The smallest absolute Gasteiger partial charge is 0.305 e. The number of aliphatic carboxylic acids is 1. The van der Waals surface area contributed by atoms with E-state index in [-0.39, 0.29) is 0 Å². The van der Waals surface area contributed by atoms with E-state index in [2.05, 4.69) is 5.32 Å². The van der Waals surface area contributed by atoms with Crippen LogP contribution in [0.15, 0.2) is 42.5 Å². The van der Waals surface area contributed by atoms with Gasteiger partial charge in [-0.25, -0.2) is 0 Å². The lowest BCUT2D eigenvalue weighted by atomic mass is 10.0. The zero-order chi connectivity index (χ0) is 15.4. The predicted octanol–water partition coefficient (Wildman–Crippen LogP) is 0.898. The van der Waals surface area contributed by atoms with Crippen molar-refractivity contribution in [3.8, 4) is 0 Å². The predicted molar refractivity (Wildman–Crippen MR) is 76.6 cm³/mol. The van der Waals surface area contributed by atoms with E-state index < -0.39 is 30.2 Å². The van der Waals surface area contributed by atoms with Crippen LogP contribution in [0.4, 0.5) is 0 Å². The number of nitrogens with one attached hydrogen (secondary N) is 1. The maximum Gasteiger partial charge on any atom is 0.305 e. The number of carboxylic acids is 1. The maximum atomic E-state index is 12.2. The summed E-state index contributed by atoms with van der Waals surface area (Å²) in [5, 5.41) is 12.7. The molecule has 2 aromatic rings. The van der Waals surface area contributed by atoms with Crippen molar-refractivity contribution in [3.63, 3.8) is 0 Å². The van der Waals surface area contributed by atoms with Gasteiger partial charge in [-0.05, 0) is 16.8 Å². The summed E-state index contributed by atoms with van der Waals surface area (Å²) in [4.78, 5) is 34.1. The molecule has 0 aliphatic rings. The number of nitrogens with two attached hydrogens (primary N) is 1. The summed E-state index contributed by atoms with van der Waals surface area (Å²) in [7, 11) is 0. The number of benzene rings is 2. The minimum atomic E-state index is -1.24. The Balaban J connectivity index is 2.29. The van der Waals surface area contributed by atoms with Gasteiger partial charge in [-0.1, -0.05) is 36.4 Å². The van der Waals surface area contributed by atoms with Gasteiger partial charge in [-0.3, -0.25) is 14.4 Å². The molecule has 0 aliphatic carbocycles. The Labute approximate surface area is 120 Å². The first kappa shape index (κ1) is 14.5. The van der Waals surface area contributed by atoms with E-state index in [1.54, 1.807) is 24.3 Å². The monoisotopic (exact) mass is 286 g/mol. The molecule has 6 nitrogen and oxygen atoms in total. The molecule has 21 heavy (non-hydrogen) atoms. The molecule has 0 spiro atoms. The fourth-order valence-electron chi connectivity index (χ4n) is 2.06. The van der Waals surface area contributed by atoms with Crippen molar-refractivity contribution >= 4 is 28.6 Å². The van der Waals surface area contributed by atoms with Crippen molar-refractivity contribution in [2.45, 2.75) is 12.5 Å². The Bertz CT molecular complexity index is 706. The van der Waals surface area contributed by atoms with Crippen molar-refractivity contribution in [3.05, 3.63) is 48.0 Å². The Morgan fingerprint density at radius 1 is 1.10 bits per heavy atom. The van der Waals surface area contributed by atoms with E-state index >= 15 is 0 Å². The standard InChI is InChI=1S/C15H14N2O4/c16-14(20)12(8-13(18)19)17-15(21)11-7-3-5-9-4-1-2-6-10(9)11/h1-7,12H,8H2,(H2,16,20)(H,17,21)(H,18,19)/t12-/m0/s1. The molecule has 0 aromatic heterocycles. The third-order valence-corrected chi connectivity index (χ3v) is 3.06. The Hall–Kier alpha value is -2.89. The van der Waals surface area contributed by atoms with Gasteiger partial charge in [0.1, 0.15) is 6.04 Å². The second-order valence-electron chi connectivity index (χ2n) is 4.55. The molecule has 6 heteroatoms. The molecule has 0 saturated heterocycles. The zero-order valence-corrected chi connectivity index (χ0v) is 11.1. The molecular weight excluding hydrogens is 272 g/mol. The molecule has 0 bridgehead atoms. The van der Waals surface area contributed by atoms with Crippen molar-refractivity contribution in [1.82, 2.24) is 5.32 Å². The quantitative estimate of drug-likeness (QED) is 0.758. The zero-order valence-electron chi connectivity index (χ0n) is 11.1. The number of hydrogen-bond donors (Lipinski definition) is 3. The Morgan fingerprint density at radius 3 is 2.43 bits per heavy atom. The molecular formula is C15H14N2O4. The summed E-state index contributed by atoms with van der Waals surface area (Å²) in [6, 6.07) is 11.2. The second-order valence-corrected chi connectivity index (χ2v) is 4.55. The number of hydrogen-bond acceptors (Lipinski definition) is 3. The van der Waals surface area contributed by atoms with Crippen LogP contribution in [0.5, 0.6) is 0 Å². The number of fused-ring (bicyclic) bond motifs is 1. The lowest BCUT2D eigenvalue weighted by molar-refractivity contribution is -0.139. The molecule has 0 heterocycles. The van der Waals surface area contributed by atoms with Crippen LogP contribution in [0.1, 0.15) is 16.8 Å². The van der Waals surface area contributed by atoms with E-state index in [0.717, 1.165) is 10.8 Å². The summed E-state index contributed by atoms with van der Waals surface area (Å²) in [6.07, 6.45) is -0.550. The summed E-state index contributed by atoms with van der Waals surface area (Å²) in [5.74, 6) is -2.63. The average molecular weight is 286 g/mol. The normalized spacial score (nSPS) is 11.8. The first-order valence-electron chi connectivity index (χ1n) is 6.29. The van der Waals surface area contributed by atoms with Gasteiger partial charge in [-0.15, -0.1) is 0 Å². The minimum absolute atomic E-state index is 0.365. The second kappa shape index (κ2) is 6.04. The van der Waals surface area contributed by atoms with Gasteiger partial charge in [0.05, 0.1) is 6.42 Å². The summed E-state index contributed by atoms with van der Waals surface area (Å²) in [5.41, 5.74) is 5.47. The fourth-order valence-corrected chi connectivity index (χ4v) is 2.06. The SMILES string of the molecule is NC(=O)[C@H](CC(=O)O)NC(=O)c1cccc2ccccc12. The molecule has 0 radical (unpaired) electrons. The third-order valence-electron chi connectivity index (χ3n) is 3.06. The van der Waals surface area contributed by atoms with Gasteiger partial charge < -0.3 is 16.2 Å².